The van der Waals surface area contributed by atoms with Crippen molar-refractivity contribution >= 4 is 17.7 Å². The summed E-state index contributed by atoms with van der Waals surface area (Å²) in [5, 5.41) is 6.07. The highest BCUT2D eigenvalue weighted by Crippen LogP contribution is 2.31. The Hall–Kier alpha value is -4.08. The van der Waals surface area contributed by atoms with Crippen molar-refractivity contribution in [1.29, 1.82) is 0 Å². The number of nitrogens with zero attached hydrogens (tertiary/aromatic N) is 3. The van der Waals surface area contributed by atoms with Gasteiger partial charge in [0, 0.05) is 63.1 Å². The molecule has 3 aliphatic heterocycles. The van der Waals surface area contributed by atoms with Crippen LogP contribution >= 0.6 is 0 Å². The summed E-state index contributed by atoms with van der Waals surface area (Å²) in [6.45, 7) is 3.62. The minimum absolute atomic E-state index is 0.0966. The van der Waals surface area contributed by atoms with Crippen LogP contribution in [0.3, 0.4) is 0 Å². The van der Waals surface area contributed by atoms with Gasteiger partial charge >= 0.3 is 0 Å². The van der Waals surface area contributed by atoms with E-state index in [1.54, 1.807) is 11.0 Å². The number of hydrogen-bond donors (Lipinski definition) is 2. The van der Waals surface area contributed by atoms with Crippen LogP contribution in [0.25, 0.3) is 0 Å². The third-order valence-corrected chi connectivity index (χ3v) is 7.99. The van der Waals surface area contributed by atoms with Gasteiger partial charge in [-0.3, -0.25) is 29.6 Å². The highest BCUT2D eigenvalue weighted by molar-refractivity contribution is 6.05. The number of ether oxygens (including phenoxy) is 1. The molecule has 0 bridgehead atoms. The molecule has 2 aromatic carbocycles. The van der Waals surface area contributed by atoms with Gasteiger partial charge in [0.1, 0.15) is 17.9 Å². The molecule has 0 saturated carbocycles. The van der Waals surface area contributed by atoms with Gasteiger partial charge in [0.2, 0.25) is 11.8 Å². The van der Waals surface area contributed by atoms with Gasteiger partial charge < -0.3 is 15.0 Å². The number of hydrogen-bond acceptors (Lipinski definition) is 7. The Kier molecular flexibility index (Phi) is 7.57. The SMILES string of the molecule is O=C1CCC(N2Cc3cc(OC4CN(Cc5ccncc5)CCC4NCc4ccccc4)ccc3C2=O)C(=O)N1. The number of likely N-dealkylation sites (tertiary alicyclic amines) is 1. The maximum atomic E-state index is 13.1. The van der Waals surface area contributed by atoms with Gasteiger partial charge in [-0.25, -0.2) is 0 Å². The number of nitrogens with one attached hydrogen (secondary N) is 2. The number of carbonyl (C=O) groups is 3. The Morgan fingerprint density at radius 3 is 2.60 bits per heavy atom. The highest BCUT2D eigenvalue weighted by Gasteiger charge is 2.39. The van der Waals surface area contributed by atoms with E-state index >= 15 is 0 Å². The second-order valence-corrected chi connectivity index (χ2v) is 10.7. The zero-order valence-corrected chi connectivity index (χ0v) is 22.3. The van der Waals surface area contributed by atoms with Crippen LogP contribution in [0.15, 0.2) is 73.1 Å². The minimum atomic E-state index is -0.631. The van der Waals surface area contributed by atoms with Crippen LogP contribution in [0.1, 0.15) is 46.3 Å². The van der Waals surface area contributed by atoms with E-state index in [4.69, 9.17) is 4.74 Å². The Bertz CT molecular complexity index is 1380. The van der Waals surface area contributed by atoms with E-state index in [1.807, 2.05) is 54.9 Å². The van der Waals surface area contributed by atoms with Crippen molar-refractivity contribution in [1.82, 2.24) is 25.4 Å². The molecule has 1 aromatic heterocycles. The summed E-state index contributed by atoms with van der Waals surface area (Å²) in [6.07, 6.45) is 5.07. The first-order valence-corrected chi connectivity index (χ1v) is 13.9. The third-order valence-electron chi connectivity index (χ3n) is 7.99. The molecule has 2 fully saturated rings. The van der Waals surface area contributed by atoms with Crippen molar-refractivity contribution in [2.75, 3.05) is 13.1 Å². The number of aromatic nitrogens is 1. The molecule has 4 heterocycles. The van der Waals surface area contributed by atoms with E-state index in [1.165, 1.54) is 11.1 Å². The maximum Gasteiger partial charge on any atom is 0.255 e. The topological polar surface area (TPSA) is 104 Å². The van der Waals surface area contributed by atoms with Crippen LogP contribution < -0.4 is 15.4 Å². The zero-order chi connectivity index (χ0) is 27.5. The molecule has 206 valence electrons. The summed E-state index contributed by atoms with van der Waals surface area (Å²) < 4.78 is 6.63. The van der Waals surface area contributed by atoms with Crippen LogP contribution in [0, 0.1) is 0 Å². The summed E-state index contributed by atoms with van der Waals surface area (Å²) in [5.74, 6) is -0.168. The largest absolute Gasteiger partial charge is 0.487 e. The number of benzene rings is 2. The maximum absolute atomic E-state index is 13.1. The Morgan fingerprint density at radius 2 is 1.80 bits per heavy atom. The smallest absolute Gasteiger partial charge is 0.255 e. The van der Waals surface area contributed by atoms with Crippen molar-refractivity contribution in [3.8, 4) is 5.75 Å². The lowest BCUT2D eigenvalue weighted by Gasteiger charge is -2.39. The molecule has 0 aliphatic carbocycles. The van der Waals surface area contributed by atoms with E-state index in [9.17, 15) is 14.4 Å². The lowest BCUT2D eigenvalue weighted by Crippen LogP contribution is -2.54. The Morgan fingerprint density at radius 1 is 0.975 bits per heavy atom. The number of rotatable bonds is 8. The van der Waals surface area contributed by atoms with Crippen molar-refractivity contribution in [3.05, 3.63) is 95.3 Å². The average Bonchev–Trinajstić information content (AvgIpc) is 3.29. The monoisotopic (exact) mass is 539 g/mol. The summed E-state index contributed by atoms with van der Waals surface area (Å²) in [4.78, 5) is 45.2. The van der Waals surface area contributed by atoms with Crippen molar-refractivity contribution < 1.29 is 19.1 Å². The molecule has 9 heteroatoms. The van der Waals surface area contributed by atoms with Crippen molar-refractivity contribution in [2.45, 2.75) is 57.1 Å². The van der Waals surface area contributed by atoms with Crippen LogP contribution in [0.2, 0.25) is 0 Å². The molecule has 3 amide bonds. The van der Waals surface area contributed by atoms with Crippen LogP contribution in [0.5, 0.6) is 5.75 Å². The molecule has 40 heavy (non-hydrogen) atoms. The van der Waals surface area contributed by atoms with Crippen LogP contribution in [-0.4, -0.2) is 63.8 Å². The van der Waals surface area contributed by atoms with Crippen molar-refractivity contribution in [3.63, 3.8) is 0 Å². The first kappa shape index (κ1) is 26.2. The molecule has 0 spiro atoms. The Balaban J connectivity index is 1.17. The Labute approximate surface area is 233 Å². The molecule has 6 rings (SSSR count). The summed E-state index contributed by atoms with van der Waals surface area (Å²) in [7, 11) is 0. The van der Waals surface area contributed by atoms with Gasteiger partial charge in [-0.15, -0.1) is 0 Å². The molecule has 3 atom stereocenters. The minimum Gasteiger partial charge on any atom is -0.487 e. The van der Waals surface area contributed by atoms with E-state index in [0.717, 1.165) is 38.2 Å². The van der Waals surface area contributed by atoms with Crippen molar-refractivity contribution in [2.24, 2.45) is 0 Å². The summed E-state index contributed by atoms with van der Waals surface area (Å²) >= 11 is 0. The van der Waals surface area contributed by atoms with E-state index < -0.39 is 11.9 Å². The predicted octanol–water partition coefficient (Wildman–Crippen LogP) is 2.65. The molecule has 3 aromatic rings. The van der Waals surface area contributed by atoms with Gasteiger partial charge in [-0.1, -0.05) is 30.3 Å². The molecular weight excluding hydrogens is 506 g/mol. The van der Waals surface area contributed by atoms with Crippen LogP contribution in [-0.2, 0) is 29.2 Å². The van der Waals surface area contributed by atoms with E-state index in [0.29, 0.717) is 24.3 Å². The number of carbonyl (C=O) groups excluding carboxylic acids is 3. The fourth-order valence-corrected chi connectivity index (χ4v) is 5.87. The molecule has 9 nitrogen and oxygen atoms in total. The zero-order valence-electron chi connectivity index (χ0n) is 22.3. The van der Waals surface area contributed by atoms with Gasteiger partial charge in [-0.2, -0.15) is 0 Å². The fraction of sp³-hybridized carbons (Fsp3) is 0.355. The standard InChI is InChI=1S/C31H33N5O4/c37-29-9-8-27(30(38)34-29)36-19-23-16-24(6-7-25(23)31(36)39)40-28-20-35(18-22-10-13-32-14-11-22)15-12-26(28)33-17-21-4-2-1-3-5-21/h1-7,10-11,13-14,16,26-28,33H,8-9,12,15,17-20H2,(H,34,37,38). The molecule has 3 aliphatic rings. The third kappa shape index (κ3) is 5.76. The number of pyridine rings is 1. The van der Waals surface area contributed by atoms with Gasteiger partial charge in [-0.05, 0) is 59.9 Å². The first-order chi connectivity index (χ1) is 19.5. The predicted molar refractivity (Wildman–Crippen MR) is 148 cm³/mol. The van der Waals surface area contributed by atoms with Gasteiger partial charge in [0.05, 0.1) is 0 Å². The van der Waals surface area contributed by atoms with Gasteiger partial charge in [0.15, 0.2) is 0 Å². The second kappa shape index (κ2) is 11.6. The summed E-state index contributed by atoms with van der Waals surface area (Å²) in [5.41, 5.74) is 3.86. The molecule has 0 radical (unpaired) electrons. The lowest BCUT2D eigenvalue weighted by molar-refractivity contribution is -0.136. The number of imide groups is 1. The van der Waals surface area contributed by atoms with E-state index in [-0.39, 0.29) is 30.4 Å². The average molecular weight is 540 g/mol. The molecular formula is C31H33N5O4. The van der Waals surface area contributed by atoms with E-state index in [2.05, 4.69) is 32.7 Å². The quantitative estimate of drug-likeness (QED) is 0.424. The number of fused-ring (bicyclic) bond motifs is 1. The number of piperidine rings is 2. The first-order valence-electron chi connectivity index (χ1n) is 13.9. The number of amides is 3. The normalized spacial score (nSPS) is 23.1. The fourth-order valence-electron chi connectivity index (χ4n) is 5.87. The summed E-state index contributed by atoms with van der Waals surface area (Å²) in [6, 6.07) is 19.5. The molecule has 2 N–H and O–H groups in total. The second-order valence-electron chi connectivity index (χ2n) is 10.7. The molecule has 3 unspecified atom stereocenters. The highest BCUT2D eigenvalue weighted by atomic mass is 16.5. The lowest BCUT2D eigenvalue weighted by atomic mass is 10.00. The molecule has 2 saturated heterocycles. The van der Waals surface area contributed by atoms with Crippen LogP contribution in [0.4, 0.5) is 0 Å². The van der Waals surface area contributed by atoms with Gasteiger partial charge in [0.25, 0.3) is 5.91 Å².